The summed E-state index contributed by atoms with van der Waals surface area (Å²) < 4.78 is 7.02. The van der Waals surface area contributed by atoms with E-state index in [1.807, 2.05) is 19.2 Å². The van der Waals surface area contributed by atoms with E-state index < -0.39 is 0 Å². The first kappa shape index (κ1) is 9.92. The van der Waals surface area contributed by atoms with Crippen molar-refractivity contribution in [3.05, 3.63) is 35.8 Å². The maximum Gasteiger partial charge on any atom is 0.164 e. The summed E-state index contributed by atoms with van der Waals surface area (Å²) in [5.74, 6) is 2.59. The molecule has 80 valence electrons. The Hall–Kier alpha value is -1.62. The van der Waals surface area contributed by atoms with E-state index in [0.717, 1.165) is 24.4 Å². The van der Waals surface area contributed by atoms with Crippen LogP contribution >= 0.6 is 0 Å². The third-order valence-corrected chi connectivity index (χ3v) is 2.25. The van der Waals surface area contributed by atoms with Crippen LogP contribution in [0.4, 0.5) is 0 Å². The molecule has 0 fully saturated rings. The lowest BCUT2D eigenvalue weighted by Gasteiger charge is -1.97. The molecule has 0 aromatic carbocycles. The third kappa shape index (κ3) is 2.24. The van der Waals surface area contributed by atoms with Crippen LogP contribution in [0.1, 0.15) is 17.4 Å². The molecule has 0 aliphatic heterocycles. The van der Waals surface area contributed by atoms with Crippen LogP contribution in [0.5, 0.6) is 0 Å². The molecular formula is C10H14N4O. The Morgan fingerprint density at radius 1 is 1.47 bits per heavy atom. The van der Waals surface area contributed by atoms with Crippen molar-refractivity contribution < 1.29 is 4.42 Å². The van der Waals surface area contributed by atoms with E-state index in [9.17, 15) is 0 Å². The molecular weight excluding hydrogens is 192 g/mol. The summed E-state index contributed by atoms with van der Waals surface area (Å²) in [7, 11) is 1.88. The second-order valence-corrected chi connectivity index (χ2v) is 3.35. The Morgan fingerprint density at radius 3 is 2.93 bits per heavy atom. The zero-order chi connectivity index (χ0) is 10.7. The van der Waals surface area contributed by atoms with Gasteiger partial charge < -0.3 is 10.2 Å². The summed E-state index contributed by atoms with van der Waals surface area (Å²) >= 11 is 0. The van der Waals surface area contributed by atoms with Crippen molar-refractivity contribution in [3.63, 3.8) is 0 Å². The quantitative estimate of drug-likeness (QED) is 0.797. The van der Waals surface area contributed by atoms with Gasteiger partial charge in [-0.25, -0.2) is 4.98 Å². The summed E-state index contributed by atoms with van der Waals surface area (Å²) in [5, 5.41) is 4.18. The van der Waals surface area contributed by atoms with Crippen LogP contribution in [0.3, 0.4) is 0 Å². The topological polar surface area (TPSA) is 69.9 Å². The predicted octanol–water partition coefficient (Wildman–Crippen LogP) is 0.652. The number of aromatic nitrogens is 3. The summed E-state index contributed by atoms with van der Waals surface area (Å²) in [6.45, 7) is 0.384. The highest BCUT2D eigenvalue weighted by atomic mass is 16.3. The smallest absolute Gasteiger partial charge is 0.164 e. The molecule has 0 aliphatic rings. The van der Waals surface area contributed by atoms with E-state index in [0.29, 0.717) is 12.4 Å². The van der Waals surface area contributed by atoms with Gasteiger partial charge in [0.25, 0.3) is 0 Å². The molecule has 0 spiro atoms. The Morgan fingerprint density at radius 2 is 2.33 bits per heavy atom. The van der Waals surface area contributed by atoms with Crippen molar-refractivity contribution >= 4 is 0 Å². The Bertz CT molecular complexity index is 419. The van der Waals surface area contributed by atoms with Gasteiger partial charge in [-0.05, 0) is 12.1 Å². The molecule has 15 heavy (non-hydrogen) atoms. The average molecular weight is 206 g/mol. The van der Waals surface area contributed by atoms with Gasteiger partial charge in [0.2, 0.25) is 0 Å². The van der Waals surface area contributed by atoms with Crippen molar-refractivity contribution in [2.24, 2.45) is 12.8 Å². The first-order valence-electron chi connectivity index (χ1n) is 4.91. The molecule has 2 aromatic heterocycles. The van der Waals surface area contributed by atoms with Crippen LogP contribution in [0.25, 0.3) is 0 Å². The van der Waals surface area contributed by atoms with Crippen molar-refractivity contribution in [1.82, 2.24) is 14.8 Å². The molecule has 2 N–H and O–H groups in total. The van der Waals surface area contributed by atoms with E-state index in [1.54, 1.807) is 10.9 Å². The third-order valence-electron chi connectivity index (χ3n) is 2.25. The lowest BCUT2D eigenvalue weighted by Crippen LogP contribution is -2.01. The molecule has 0 aliphatic carbocycles. The molecule has 0 saturated carbocycles. The van der Waals surface area contributed by atoms with Gasteiger partial charge in [-0.15, -0.1) is 0 Å². The first-order chi connectivity index (χ1) is 7.29. The summed E-state index contributed by atoms with van der Waals surface area (Å²) in [6, 6.07) is 3.84. The number of nitrogens with two attached hydrogens (primary N) is 1. The Kier molecular flexibility index (Phi) is 2.82. The Balaban J connectivity index is 2.01. The largest absolute Gasteiger partial charge is 0.469 e. The van der Waals surface area contributed by atoms with Crippen molar-refractivity contribution in [2.45, 2.75) is 19.4 Å². The number of furan rings is 1. The number of nitrogens with zero attached hydrogens (tertiary/aromatic N) is 3. The zero-order valence-corrected chi connectivity index (χ0v) is 8.68. The van der Waals surface area contributed by atoms with Gasteiger partial charge in [0, 0.05) is 19.9 Å². The van der Waals surface area contributed by atoms with Crippen LogP contribution in [0.2, 0.25) is 0 Å². The lowest BCUT2D eigenvalue weighted by molar-refractivity contribution is 0.503. The van der Waals surface area contributed by atoms with Crippen molar-refractivity contribution in [2.75, 3.05) is 0 Å². The van der Waals surface area contributed by atoms with Crippen LogP contribution in [0.15, 0.2) is 22.8 Å². The molecule has 0 radical (unpaired) electrons. The molecule has 2 rings (SSSR count). The van der Waals surface area contributed by atoms with Gasteiger partial charge in [0.1, 0.15) is 11.6 Å². The fraction of sp³-hybridized carbons (Fsp3) is 0.400. The molecule has 0 atom stereocenters. The molecule has 2 heterocycles. The predicted molar refractivity (Wildman–Crippen MR) is 55.0 cm³/mol. The van der Waals surface area contributed by atoms with Crippen LogP contribution < -0.4 is 5.73 Å². The summed E-state index contributed by atoms with van der Waals surface area (Å²) in [6.07, 6.45) is 3.33. The molecule has 5 nitrogen and oxygen atoms in total. The maximum absolute atomic E-state index is 5.47. The number of hydrogen-bond donors (Lipinski definition) is 1. The monoisotopic (exact) mass is 206 g/mol. The number of hydrogen-bond acceptors (Lipinski definition) is 4. The number of aryl methyl sites for hydroxylation is 3. The molecule has 5 heteroatoms. The molecule has 0 saturated heterocycles. The van der Waals surface area contributed by atoms with Crippen molar-refractivity contribution in [1.29, 1.82) is 0 Å². The van der Waals surface area contributed by atoms with E-state index in [1.165, 1.54) is 0 Å². The maximum atomic E-state index is 5.47. The second kappa shape index (κ2) is 4.27. The van der Waals surface area contributed by atoms with Gasteiger partial charge in [0.15, 0.2) is 5.82 Å². The average Bonchev–Trinajstić information content (AvgIpc) is 2.84. The highest BCUT2D eigenvalue weighted by Gasteiger charge is 2.06. The minimum Gasteiger partial charge on any atom is -0.469 e. The van der Waals surface area contributed by atoms with E-state index >= 15 is 0 Å². The summed E-state index contributed by atoms with van der Waals surface area (Å²) in [5.41, 5.74) is 5.47. The lowest BCUT2D eigenvalue weighted by atomic mass is 10.2. The standard InChI is InChI=1S/C10H14N4O/c1-14-10(12-9(7-11)13-14)5-4-8-3-2-6-15-8/h2-3,6H,4-5,7,11H2,1H3. The Labute approximate surface area is 87.9 Å². The molecule has 2 aromatic rings. The fourth-order valence-corrected chi connectivity index (χ4v) is 1.47. The van der Waals surface area contributed by atoms with E-state index in [4.69, 9.17) is 10.2 Å². The SMILES string of the molecule is Cn1nc(CN)nc1CCc1ccco1. The minimum absolute atomic E-state index is 0.384. The van der Waals surface area contributed by atoms with Gasteiger partial charge >= 0.3 is 0 Å². The van der Waals surface area contributed by atoms with E-state index in [2.05, 4.69) is 10.1 Å². The van der Waals surface area contributed by atoms with Crippen LogP contribution in [-0.4, -0.2) is 14.8 Å². The van der Waals surface area contributed by atoms with Gasteiger partial charge in [-0.1, -0.05) is 0 Å². The van der Waals surface area contributed by atoms with Gasteiger partial charge in [-0.2, -0.15) is 5.10 Å². The van der Waals surface area contributed by atoms with Gasteiger partial charge in [-0.3, -0.25) is 4.68 Å². The fourth-order valence-electron chi connectivity index (χ4n) is 1.47. The van der Waals surface area contributed by atoms with Crippen LogP contribution in [0, 0.1) is 0 Å². The van der Waals surface area contributed by atoms with Gasteiger partial charge in [0.05, 0.1) is 12.8 Å². The van der Waals surface area contributed by atoms with E-state index in [-0.39, 0.29) is 0 Å². The first-order valence-corrected chi connectivity index (χ1v) is 4.91. The summed E-state index contributed by atoms with van der Waals surface area (Å²) in [4.78, 5) is 4.31. The highest BCUT2D eigenvalue weighted by molar-refractivity contribution is 5.01. The van der Waals surface area contributed by atoms with Crippen LogP contribution in [-0.2, 0) is 26.4 Å². The molecule has 0 amide bonds. The second-order valence-electron chi connectivity index (χ2n) is 3.35. The highest BCUT2D eigenvalue weighted by Crippen LogP contribution is 2.05. The zero-order valence-electron chi connectivity index (χ0n) is 8.68. The minimum atomic E-state index is 0.384. The van der Waals surface area contributed by atoms with Crippen molar-refractivity contribution in [3.8, 4) is 0 Å². The normalized spacial score (nSPS) is 10.8. The number of rotatable bonds is 4. The molecule has 0 bridgehead atoms. The molecule has 0 unspecified atom stereocenters.